The molecule has 0 fully saturated rings. The van der Waals surface area contributed by atoms with Crippen LogP contribution in [-0.4, -0.2) is 21.2 Å². The lowest BCUT2D eigenvalue weighted by Crippen LogP contribution is -2.29. The van der Waals surface area contributed by atoms with Crippen molar-refractivity contribution in [2.24, 2.45) is 0 Å². The number of hydrogen-bond donors (Lipinski definition) is 2. The van der Waals surface area contributed by atoms with E-state index in [4.69, 9.17) is 17.0 Å². The molecule has 0 aliphatic rings. The molecule has 2 N–H and O–H groups in total. The number of nitrogens with zero attached hydrogens (tertiary/aromatic N) is 1. The summed E-state index contributed by atoms with van der Waals surface area (Å²) in [6, 6.07) is 1.27. The van der Waals surface area contributed by atoms with Crippen LogP contribution in [0.1, 0.15) is 27.7 Å². The van der Waals surface area contributed by atoms with Gasteiger partial charge in [0.1, 0.15) is 11.4 Å². The predicted molar refractivity (Wildman–Crippen MR) is 71.4 cm³/mol. The second-order valence-electron chi connectivity index (χ2n) is 4.70. The fourth-order valence-electron chi connectivity index (χ4n) is 1.35. The van der Waals surface area contributed by atoms with Crippen LogP contribution in [-0.2, 0) is 11.3 Å². The summed E-state index contributed by atoms with van der Waals surface area (Å²) in [5.74, 6) is 0.320. The van der Waals surface area contributed by atoms with Crippen molar-refractivity contribution in [3.05, 3.63) is 21.2 Å². The third kappa shape index (κ3) is 3.99. The molecule has 100 valence electrons. The average molecular weight is 271 g/mol. The van der Waals surface area contributed by atoms with E-state index in [1.807, 2.05) is 6.92 Å². The van der Waals surface area contributed by atoms with E-state index in [-0.39, 0.29) is 10.3 Å². The summed E-state index contributed by atoms with van der Waals surface area (Å²) < 4.78 is 6.97. The summed E-state index contributed by atoms with van der Waals surface area (Å²) in [5, 5.41) is 2.51. The van der Waals surface area contributed by atoms with Crippen molar-refractivity contribution in [3.8, 4) is 0 Å². The zero-order chi connectivity index (χ0) is 13.9. The zero-order valence-electron chi connectivity index (χ0n) is 10.9. The van der Waals surface area contributed by atoms with E-state index < -0.39 is 11.7 Å². The fraction of sp³-hybridized carbons (Fsp3) is 0.545. The summed E-state index contributed by atoms with van der Waals surface area (Å²) >= 11 is 5.00. The van der Waals surface area contributed by atoms with Crippen molar-refractivity contribution in [2.45, 2.75) is 39.8 Å². The Morgan fingerprint density at radius 2 is 2.17 bits per heavy atom. The monoisotopic (exact) mass is 271 g/mol. The van der Waals surface area contributed by atoms with Crippen LogP contribution in [0, 0.1) is 4.77 Å². The molecule has 0 aliphatic carbocycles. The minimum absolute atomic E-state index is 0.260. The molecule has 18 heavy (non-hydrogen) atoms. The highest BCUT2D eigenvalue weighted by Gasteiger charge is 2.17. The average Bonchev–Trinajstić information content (AvgIpc) is 2.13. The van der Waals surface area contributed by atoms with Crippen LogP contribution >= 0.6 is 12.2 Å². The maximum absolute atomic E-state index is 11.6. The topological polar surface area (TPSA) is 76.1 Å². The first kappa shape index (κ1) is 14.4. The fourth-order valence-corrected chi connectivity index (χ4v) is 1.67. The van der Waals surface area contributed by atoms with Gasteiger partial charge in [0.25, 0.3) is 5.56 Å². The molecule has 1 aromatic rings. The SMILES string of the molecule is CCn1c(NC(=O)OC(C)(C)C)cc(=O)[nH]c1=S. The Balaban J connectivity index is 3.01. The van der Waals surface area contributed by atoms with Gasteiger partial charge in [-0.3, -0.25) is 15.1 Å². The molecule has 0 bridgehead atoms. The Kier molecular flexibility index (Phi) is 4.28. The largest absolute Gasteiger partial charge is 0.444 e. The number of H-pyrrole nitrogens is 1. The summed E-state index contributed by atoms with van der Waals surface area (Å²) in [6.07, 6.45) is -0.621. The van der Waals surface area contributed by atoms with Gasteiger partial charge in [-0.25, -0.2) is 4.79 Å². The van der Waals surface area contributed by atoms with Crippen molar-refractivity contribution in [3.63, 3.8) is 0 Å². The van der Waals surface area contributed by atoms with Crippen LogP contribution in [0.25, 0.3) is 0 Å². The lowest BCUT2D eigenvalue weighted by molar-refractivity contribution is 0.0634. The van der Waals surface area contributed by atoms with E-state index in [0.29, 0.717) is 12.4 Å². The zero-order valence-corrected chi connectivity index (χ0v) is 11.7. The molecule has 0 saturated carbocycles. The second kappa shape index (κ2) is 5.34. The van der Waals surface area contributed by atoms with Gasteiger partial charge in [0.2, 0.25) is 0 Å². The van der Waals surface area contributed by atoms with Crippen LogP contribution in [0.4, 0.5) is 10.6 Å². The first-order valence-electron chi connectivity index (χ1n) is 5.57. The first-order chi connectivity index (χ1) is 8.23. The Labute approximate surface area is 110 Å². The molecular weight excluding hydrogens is 254 g/mol. The number of carbonyl (C=O) groups is 1. The van der Waals surface area contributed by atoms with Crippen LogP contribution in [0.2, 0.25) is 0 Å². The number of amides is 1. The number of nitrogens with one attached hydrogen (secondary N) is 2. The van der Waals surface area contributed by atoms with Crippen LogP contribution < -0.4 is 10.9 Å². The highest BCUT2D eigenvalue weighted by molar-refractivity contribution is 7.71. The van der Waals surface area contributed by atoms with Crippen molar-refractivity contribution >= 4 is 24.1 Å². The van der Waals surface area contributed by atoms with Gasteiger partial charge in [0.15, 0.2) is 4.77 Å². The molecule has 0 aliphatic heterocycles. The van der Waals surface area contributed by atoms with Crippen LogP contribution in [0.5, 0.6) is 0 Å². The van der Waals surface area contributed by atoms with Gasteiger partial charge < -0.3 is 9.30 Å². The Hall–Kier alpha value is -1.63. The molecule has 1 heterocycles. The standard InChI is InChI=1S/C11H17N3O3S/c1-5-14-7(6-8(15)13-9(14)18)12-10(16)17-11(2,3)4/h6H,5H2,1-4H3,(H,12,16)(H,13,15,18). The summed E-state index contributed by atoms with van der Waals surface area (Å²) in [4.78, 5) is 25.4. The van der Waals surface area contributed by atoms with Gasteiger partial charge in [-0.2, -0.15) is 0 Å². The number of carbonyl (C=O) groups excluding carboxylic acids is 1. The molecule has 0 saturated heterocycles. The quantitative estimate of drug-likeness (QED) is 0.809. The highest BCUT2D eigenvalue weighted by atomic mass is 32.1. The van der Waals surface area contributed by atoms with E-state index in [9.17, 15) is 9.59 Å². The lowest BCUT2D eigenvalue weighted by Gasteiger charge is -2.20. The van der Waals surface area contributed by atoms with Gasteiger partial charge >= 0.3 is 6.09 Å². The number of rotatable bonds is 2. The predicted octanol–water partition coefficient (Wildman–Crippen LogP) is 2.27. The van der Waals surface area contributed by atoms with Gasteiger partial charge in [0.05, 0.1) is 0 Å². The molecule has 0 aromatic carbocycles. The molecule has 7 heteroatoms. The molecule has 6 nitrogen and oxygen atoms in total. The molecule has 1 amide bonds. The third-order valence-electron chi connectivity index (χ3n) is 1.98. The Morgan fingerprint density at radius 3 is 2.67 bits per heavy atom. The van der Waals surface area contributed by atoms with E-state index in [2.05, 4.69) is 10.3 Å². The third-order valence-corrected chi connectivity index (χ3v) is 2.30. The second-order valence-corrected chi connectivity index (χ2v) is 5.08. The van der Waals surface area contributed by atoms with Gasteiger partial charge in [-0.15, -0.1) is 0 Å². The van der Waals surface area contributed by atoms with Crippen molar-refractivity contribution < 1.29 is 9.53 Å². The van der Waals surface area contributed by atoms with Crippen molar-refractivity contribution in [1.82, 2.24) is 9.55 Å². The van der Waals surface area contributed by atoms with Crippen LogP contribution in [0.15, 0.2) is 10.9 Å². The van der Waals surface area contributed by atoms with E-state index in [1.165, 1.54) is 6.07 Å². The smallest absolute Gasteiger partial charge is 0.413 e. The van der Waals surface area contributed by atoms with Crippen molar-refractivity contribution in [1.29, 1.82) is 0 Å². The molecule has 0 atom stereocenters. The summed E-state index contributed by atoms with van der Waals surface area (Å²) in [5.41, 5.74) is -0.963. The van der Waals surface area contributed by atoms with Gasteiger partial charge in [0, 0.05) is 12.6 Å². The molecule has 0 radical (unpaired) electrons. The molecule has 1 rings (SSSR count). The lowest BCUT2D eigenvalue weighted by atomic mass is 10.2. The maximum Gasteiger partial charge on any atom is 0.413 e. The Bertz CT molecular complexity index is 554. The summed E-state index contributed by atoms with van der Waals surface area (Å²) in [7, 11) is 0. The van der Waals surface area contributed by atoms with E-state index in [0.717, 1.165) is 0 Å². The maximum atomic E-state index is 11.6. The number of ether oxygens (including phenoxy) is 1. The number of aromatic nitrogens is 2. The minimum atomic E-state index is -0.621. The molecular formula is C11H17N3O3S. The minimum Gasteiger partial charge on any atom is -0.444 e. The number of hydrogen-bond acceptors (Lipinski definition) is 4. The number of anilines is 1. The summed E-state index contributed by atoms with van der Waals surface area (Å²) in [6.45, 7) is 7.67. The normalized spacial score (nSPS) is 11.1. The van der Waals surface area contributed by atoms with E-state index in [1.54, 1.807) is 25.3 Å². The molecule has 0 unspecified atom stereocenters. The first-order valence-corrected chi connectivity index (χ1v) is 5.98. The highest BCUT2D eigenvalue weighted by Crippen LogP contribution is 2.10. The van der Waals surface area contributed by atoms with Gasteiger partial charge in [-0.05, 0) is 39.9 Å². The number of aromatic amines is 1. The van der Waals surface area contributed by atoms with E-state index >= 15 is 0 Å². The van der Waals surface area contributed by atoms with Crippen LogP contribution in [0.3, 0.4) is 0 Å². The van der Waals surface area contributed by atoms with Gasteiger partial charge in [-0.1, -0.05) is 0 Å². The molecule has 0 spiro atoms. The Morgan fingerprint density at radius 1 is 1.56 bits per heavy atom. The molecule has 1 aromatic heterocycles. The van der Waals surface area contributed by atoms with Crippen molar-refractivity contribution in [2.75, 3.05) is 5.32 Å².